The van der Waals surface area contributed by atoms with Crippen LogP contribution in [0.2, 0.25) is 0 Å². The minimum Gasteiger partial charge on any atom is -0.494 e. The summed E-state index contributed by atoms with van der Waals surface area (Å²) in [5.41, 5.74) is 1.70. The second-order valence-corrected chi connectivity index (χ2v) is 4.76. The SMILES string of the molecule is CCOc1ccc(-c2nc(C)sc2C=O)cc1. The summed E-state index contributed by atoms with van der Waals surface area (Å²) in [5.74, 6) is 0.829. The summed E-state index contributed by atoms with van der Waals surface area (Å²) in [5, 5.41) is 0.899. The summed E-state index contributed by atoms with van der Waals surface area (Å²) in [6, 6.07) is 7.63. The summed E-state index contributed by atoms with van der Waals surface area (Å²) in [7, 11) is 0. The molecule has 17 heavy (non-hydrogen) atoms. The van der Waals surface area contributed by atoms with Crippen molar-refractivity contribution in [2.45, 2.75) is 13.8 Å². The molecule has 0 amide bonds. The largest absolute Gasteiger partial charge is 0.494 e. The maximum atomic E-state index is 10.9. The predicted molar refractivity (Wildman–Crippen MR) is 68.8 cm³/mol. The molecule has 88 valence electrons. The Labute approximate surface area is 104 Å². The van der Waals surface area contributed by atoms with Crippen molar-refractivity contribution in [2.75, 3.05) is 6.61 Å². The van der Waals surface area contributed by atoms with Crippen LogP contribution < -0.4 is 4.74 Å². The Morgan fingerprint density at radius 2 is 2.06 bits per heavy atom. The summed E-state index contributed by atoms with van der Waals surface area (Å²) in [6.45, 7) is 4.49. The van der Waals surface area contributed by atoms with Crippen molar-refractivity contribution in [1.29, 1.82) is 0 Å². The number of aryl methyl sites for hydroxylation is 1. The molecule has 0 spiro atoms. The molecule has 0 saturated heterocycles. The van der Waals surface area contributed by atoms with Gasteiger partial charge < -0.3 is 4.74 Å². The van der Waals surface area contributed by atoms with Gasteiger partial charge >= 0.3 is 0 Å². The van der Waals surface area contributed by atoms with E-state index in [1.54, 1.807) is 0 Å². The predicted octanol–water partition coefficient (Wildman–Crippen LogP) is 3.33. The van der Waals surface area contributed by atoms with E-state index in [1.807, 2.05) is 38.1 Å². The molecule has 0 bridgehead atoms. The molecule has 2 rings (SSSR count). The fourth-order valence-corrected chi connectivity index (χ4v) is 2.37. The molecule has 4 heteroatoms. The van der Waals surface area contributed by atoms with Crippen LogP contribution in [0.3, 0.4) is 0 Å². The van der Waals surface area contributed by atoms with E-state index in [4.69, 9.17) is 4.74 Å². The third kappa shape index (κ3) is 2.53. The maximum Gasteiger partial charge on any atom is 0.162 e. The van der Waals surface area contributed by atoms with E-state index in [-0.39, 0.29) is 0 Å². The highest BCUT2D eigenvalue weighted by atomic mass is 32.1. The Kier molecular flexibility index (Phi) is 3.54. The summed E-state index contributed by atoms with van der Waals surface area (Å²) < 4.78 is 5.37. The summed E-state index contributed by atoms with van der Waals surface area (Å²) >= 11 is 1.41. The fourth-order valence-electron chi connectivity index (χ4n) is 1.61. The molecule has 3 nitrogen and oxygen atoms in total. The molecule has 0 aliphatic rings. The standard InChI is InChI=1S/C13H13NO2S/c1-3-16-11-6-4-10(5-7-11)13-12(8-15)17-9(2)14-13/h4-8H,3H2,1-2H3. The molecule has 1 heterocycles. The Morgan fingerprint density at radius 1 is 1.35 bits per heavy atom. The van der Waals surface area contributed by atoms with E-state index in [0.717, 1.165) is 28.3 Å². The Morgan fingerprint density at radius 3 is 2.65 bits per heavy atom. The fraction of sp³-hybridized carbons (Fsp3) is 0.231. The molecule has 2 aromatic rings. The number of nitrogens with zero attached hydrogens (tertiary/aromatic N) is 1. The average Bonchev–Trinajstić information content (AvgIpc) is 2.72. The number of aromatic nitrogens is 1. The normalized spacial score (nSPS) is 10.2. The van der Waals surface area contributed by atoms with Crippen molar-refractivity contribution >= 4 is 17.6 Å². The van der Waals surface area contributed by atoms with Crippen LogP contribution in [-0.2, 0) is 0 Å². The van der Waals surface area contributed by atoms with E-state index in [0.29, 0.717) is 11.5 Å². The minimum atomic E-state index is 0.648. The average molecular weight is 247 g/mol. The van der Waals surface area contributed by atoms with Crippen molar-refractivity contribution < 1.29 is 9.53 Å². The van der Waals surface area contributed by atoms with Crippen molar-refractivity contribution in [3.8, 4) is 17.0 Å². The maximum absolute atomic E-state index is 10.9. The first-order valence-electron chi connectivity index (χ1n) is 5.40. The topological polar surface area (TPSA) is 39.2 Å². The molecule has 0 aliphatic carbocycles. The number of hydrogen-bond donors (Lipinski definition) is 0. The van der Waals surface area contributed by atoms with Crippen LogP contribution in [0.1, 0.15) is 21.6 Å². The van der Waals surface area contributed by atoms with E-state index in [1.165, 1.54) is 11.3 Å². The van der Waals surface area contributed by atoms with Crippen LogP contribution in [0.5, 0.6) is 5.75 Å². The highest BCUT2D eigenvalue weighted by Gasteiger charge is 2.10. The number of benzene rings is 1. The highest BCUT2D eigenvalue weighted by molar-refractivity contribution is 7.13. The van der Waals surface area contributed by atoms with Crippen LogP contribution in [0.25, 0.3) is 11.3 Å². The van der Waals surface area contributed by atoms with Crippen molar-refractivity contribution in [1.82, 2.24) is 4.98 Å². The molecule has 0 aliphatic heterocycles. The molecule has 0 saturated carbocycles. The Balaban J connectivity index is 2.35. The molecule has 0 N–H and O–H groups in total. The van der Waals surface area contributed by atoms with Gasteiger partial charge in [0.25, 0.3) is 0 Å². The molecular weight excluding hydrogens is 234 g/mol. The van der Waals surface area contributed by atoms with Gasteiger partial charge in [-0.1, -0.05) is 0 Å². The lowest BCUT2D eigenvalue weighted by Crippen LogP contribution is -1.91. The van der Waals surface area contributed by atoms with Crippen LogP contribution >= 0.6 is 11.3 Å². The van der Waals surface area contributed by atoms with Crippen molar-refractivity contribution in [3.63, 3.8) is 0 Å². The van der Waals surface area contributed by atoms with Gasteiger partial charge in [-0.05, 0) is 38.1 Å². The quantitative estimate of drug-likeness (QED) is 0.778. The molecule has 1 aromatic heterocycles. The number of carbonyl (C=O) groups is 1. The van der Waals surface area contributed by atoms with Gasteiger partial charge in [0, 0.05) is 5.56 Å². The Hall–Kier alpha value is -1.68. The number of ether oxygens (including phenoxy) is 1. The lowest BCUT2D eigenvalue weighted by molar-refractivity contribution is 0.112. The third-order valence-electron chi connectivity index (χ3n) is 2.31. The van der Waals surface area contributed by atoms with Crippen LogP contribution in [0.15, 0.2) is 24.3 Å². The first-order chi connectivity index (χ1) is 8.24. The first kappa shape index (κ1) is 11.8. The number of carbonyl (C=O) groups excluding carboxylic acids is 1. The van der Waals surface area contributed by atoms with Gasteiger partial charge in [-0.2, -0.15) is 0 Å². The van der Waals surface area contributed by atoms with Crippen LogP contribution in [-0.4, -0.2) is 17.9 Å². The van der Waals surface area contributed by atoms with Crippen LogP contribution in [0.4, 0.5) is 0 Å². The smallest absolute Gasteiger partial charge is 0.162 e. The summed E-state index contributed by atoms with van der Waals surface area (Å²) in [6.07, 6.45) is 0.858. The zero-order chi connectivity index (χ0) is 12.3. The third-order valence-corrected chi connectivity index (χ3v) is 3.20. The minimum absolute atomic E-state index is 0.648. The second kappa shape index (κ2) is 5.10. The lowest BCUT2D eigenvalue weighted by atomic mass is 10.1. The number of thiazole rings is 1. The van der Waals surface area contributed by atoms with Gasteiger partial charge in [0.1, 0.15) is 5.75 Å². The first-order valence-corrected chi connectivity index (χ1v) is 6.22. The van der Waals surface area contributed by atoms with E-state index in [2.05, 4.69) is 4.98 Å². The molecular formula is C13H13NO2S. The number of rotatable bonds is 4. The van der Waals surface area contributed by atoms with Crippen molar-refractivity contribution in [3.05, 3.63) is 34.2 Å². The van der Waals surface area contributed by atoms with Gasteiger partial charge in [0.2, 0.25) is 0 Å². The molecule has 0 radical (unpaired) electrons. The molecule has 1 aromatic carbocycles. The zero-order valence-electron chi connectivity index (χ0n) is 9.77. The summed E-state index contributed by atoms with van der Waals surface area (Å²) in [4.78, 5) is 16.0. The van der Waals surface area contributed by atoms with Gasteiger partial charge in [-0.15, -0.1) is 11.3 Å². The second-order valence-electron chi connectivity index (χ2n) is 3.52. The van der Waals surface area contributed by atoms with Gasteiger partial charge in [-0.3, -0.25) is 4.79 Å². The van der Waals surface area contributed by atoms with E-state index < -0.39 is 0 Å². The van der Waals surface area contributed by atoms with E-state index >= 15 is 0 Å². The molecule has 0 unspecified atom stereocenters. The van der Waals surface area contributed by atoms with Gasteiger partial charge in [0.15, 0.2) is 6.29 Å². The van der Waals surface area contributed by atoms with E-state index in [9.17, 15) is 4.79 Å². The monoisotopic (exact) mass is 247 g/mol. The van der Waals surface area contributed by atoms with Crippen molar-refractivity contribution in [2.24, 2.45) is 0 Å². The zero-order valence-corrected chi connectivity index (χ0v) is 10.6. The number of hydrogen-bond acceptors (Lipinski definition) is 4. The number of aldehydes is 1. The molecule has 0 atom stereocenters. The van der Waals surface area contributed by atoms with Crippen LogP contribution in [0, 0.1) is 6.92 Å². The molecule has 0 fully saturated rings. The Bertz CT molecular complexity index is 517. The van der Waals surface area contributed by atoms with Gasteiger partial charge in [0.05, 0.1) is 22.2 Å². The lowest BCUT2D eigenvalue weighted by Gasteiger charge is -2.03. The van der Waals surface area contributed by atoms with Gasteiger partial charge in [-0.25, -0.2) is 4.98 Å². The highest BCUT2D eigenvalue weighted by Crippen LogP contribution is 2.27.